The Morgan fingerprint density at radius 2 is 1.68 bits per heavy atom. The van der Waals surface area contributed by atoms with E-state index in [2.05, 4.69) is 4.98 Å². The molecule has 190 valence electrons. The summed E-state index contributed by atoms with van der Waals surface area (Å²) in [6.07, 6.45) is -3.91. The van der Waals surface area contributed by atoms with Gasteiger partial charge < -0.3 is 10.1 Å². The fraction of sp³-hybridized carbons (Fsp3) is 0.346. The fourth-order valence-corrected chi connectivity index (χ4v) is 10.0. The van der Waals surface area contributed by atoms with Crippen molar-refractivity contribution in [2.75, 3.05) is 4.90 Å². The summed E-state index contributed by atoms with van der Waals surface area (Å²) >= 11 is 2.68. The summed E-state index contributed by atoms with van der Waals surface area (Å²) in [4.78, 5) is 44.2. The van der Waals surface area contributed by atoms with E-state index >= 15 is 0 Å². The minimum Gasteiger partial charge on any atom is -0.508 e. The third kappa shape index (κ3) is 3.22. The Hall–Kier alpha value is -3.05. The van der Waals surface area contributed by atoms with Crippen molar-refractivity contribution in [3.63, 3.8) is 0 Å². The van der Waals surface area contributed by atoms with Gasteiger partial charge >= 0.3 is 11.0 Å². The van der Waals surface area contributed by atoms with Gasteiger partial charge in [-0.2, -0.15) is 13.2 Å². The zero-order valence-corrected chi connectivity index (χ0v) is 20.6. The van der Waals surface area contributed by atoms with Crippen molar-refractivity contribution in [2.24, 2.45) is 29.6 Å². The highest BCUT2D eigenvalue weighted by Crippen LogP contribution is 2.68. The number of phenols is 1. The molecule has 2 amide bonds. The van der Waals surface area contributed by atoms with Gasteiger partial charge in [0, 0.05) is 16.0 Å². The van der Waals surface area contributed by atoms with Crippen LogP contribution in [0.5, 0.6) is 5.75 Å². The molecule has 3 fully saturated rings. The molecule has 3 aromatic rings. The minimum atomic E-state index is -4.59. The summed E-state index contributed by atoms with van der Waals surface area (Å²) in [5.74, 6) is -2.45. The van der Waals surface area contributed by atoms with Crippen LogP contribution in [0.4, 0.5) is 18.9 Å². The second kappa shape index (κ2) is 7.73. The van der Waals surface area contributed by atoms with Gasteiger partial charge in [-0.1, -0.05) is 29.5 Å². The molecule has 7 rings (SSSR count). The minimum absolute atomic E-state index is 0.0268. The number of carbonyl (C=O) groups excluding carboxylic acids is 2. The van der Waals surface area contributed by atoms with E-state index in [1.165, 1.54) is 12.1 Å². The van der Waals surface area contributed by atoms with Gasteiger partial charge in [-0.05, 0) is 60.1 Å². The topological polar surface area (TPSA) is 90.5 Å². The third-order valence-corrected chi connectivity index (χ3v) is 11.0. The van der Waals surface area contributed by atoms with Crippen LogP contribution in [0.3, 0.4) is 0 Å². The van der Waals surface area contributed by atoms with E-state index in [0.717, 1.165) is 43.8 Å². The first-order chi connectivity index (χ1) is 17.6. The van der Waals surface area contributed by atoms with E-state index in [4.69, 9.17) is 0 Å². The summed E-state index contributed by atoms with van der Waals surface area (Å²) < 4.78 is 40.0. The van der Waals surface area contributed by atoms with Crippen LogP contribution in [0.25, 0.3) is 0 Å². The smallest absolute Gasteiger partial charge is 0.416 e. The molecule has 2 N–H and O–H groups in total. The zero-order valence-electron chi connectivity index (χ0n) is 18.9. The maximum atomic E-state index is 13.7. The summed E-state index contributed by atoms with van der Waals surface area (Å²) in [6, 6.07) is 11.2. The lowest BCUT2D eigenvalue weighted by atomic mass is 9.68. The largest absolute Gasteiger partial charge is 0.508 e. The number of hydrogen-bond acceptors (Lipinski definition) is 6. The number of hydrogen-bond donors (Lipinski definition) is 2. The monoisotopic (exact) mass is 544 g/mol. The second-order valence-corrected chi connectivity index (χ2v) is 12.3. The molecule has 1 aromatic heterocycles. The Bertz CT molecular complexity index is 1510. The number of benzene rings is 2. The fourth-order valence-electron chi connectivity index (χ4n) is 7.15. The molecule has 2 bridgehead atoms. The predicted octanol–water partition coefficient (Wildman–Crippen LogP) is 4.84. The number of aromatic hydroxyl groups is 1. The number of aromatic amines is 1. The van der Waals surface area contributed by atoms with Gasteiger partial charge in [-0.3, -0.25) is 19.3 Å². The third-order valence-electron chi connectivity index (χ3n) is 8.41. The number of imide groups is 1. The molecule has 2 aromatic carbocycles. The number of nitrogens with one attached hydrogen (secondary N) is 1. The van der Waals surface area contributed by atoms with Crippen LogP contribution >= 0.6 is 23.1 Å². The predicted molar refractivity (Wildman–Crippen MR) is 131 cm³/mol. The number of phenolic OH excluding ortho intramolecular Hbond substituents is 1. The highest BCUT2D eigenvalue weighted by atomic mass is 32.2. The van der Waals surface area contributed by atoms with Crippen LogP contribution in [0.15, 0.2) is 58.4 Å². The van der Waals surface area contributed by atoms with Gasteiger partial charge in [0.1, 0.15) is 5.75 Å². The Balaban J connectivity index is 1.30. The van der Waals surface area contributed by atoms with Crippen LogP contribution in [0, 0.1) is 29.6 Å². The molecule has 0 radical (unpaired) electrons. The van der Waals surface area contributed by atoms with Gasteiger partial charge in [-0.15, -0.1) is 11.8 Å². The number of alkyl halides is 3. The number of thiazole rings is 1. The van der Waals surface area contributed by atoms with E-state index in [9.17, 15) is 32.7 Å². The molecule has 2 aliphatic heterocycles. The molecule has 37 heavy (non-hydrogen) atoms. The maximum Gasteiger partial charge on any atom is 0.416 e. The number of fused-ring (bicyclic) bond motifs is 9. The molecular weight excluding hydrogens is 525 g/mol. The quantitative estimate of drug-likeness (QED) is 0.451. The van der Waals surface area contributed by atoms with E-state index < -0.39 is 35.4 Å². The number of amides is 2. The number of nitrogens with zero attached hydrogens (tertiary/aromatic N) is 1. The first kappa shape index (κ1) is 23.1. The molecule has 6 nitrogen and oxygen atoms in total. The van der Waals surface area contributed by atoms with Crippen molar-refractivity contribution in [3.8, 4) is 5.75 Å². The highest BCUT2D eigenvalue weighted by Gasteiger charge is 2.69. The second-order valence-electron chi connectivity index (χ2n) is 10.1. The van der Waals surface area contributed by atoms with Gasteiger partial charge in [0.25, 0.3) is 0 Å². The standard InChI is InChI=1S/C26H19F3N2O4S2/c27-26(28,29)11-2-1-3-12(8-11)31-23(33)18-14-9-15(19(18)24(31)34)20-17(14)16(10-4-6-13(32)7-5-10)21-22(36-20)30-25(35)37-21/h1-8,14-20,32H,9H2,(H,30,35). The lowest BCUT2D eigenvalue weighted by molar-refractivity contribution is -0.137. The normalized spacial score (nSPS) is 32.0. The molecule has 4 aliphatic rings. The van der Waals surface area contributed by atoms with Gasteiger partial charge in [0.15, 0.2) is 0 Å². The number of halogens is 3. The molecule has 3 heterocycles. The number of H-pyrrole nitrogens is 1. The Morgan fingerprint density at radius 3 is 2.38 bits per heavy atom. The molecule has 0 spiro atoms. The van der Waals surface area contributed by atoms with Crippen molar-refractivity contribution >= 4 is 40.6 Å². The Labute approximate surface area is 216 Å². The molecular formula is C26H19F3N2O4S2. The van der Waals surface area contributed by atoms with Crippen LogP contribution in [-0.2, 0) is 15.8 Å². The number of anilines is 1. The highest BCUT2D eigenvalue weighted by molar-refractivity contribution is 8.00. The van der Waals surface area contributed by atoms with Crippen molar-refractivity contribution in [3.05, 3.63) is 74.2 Å². The van der Waals surface area contributed by atoms with Gasteiger partial charge in [0.2, 0.25) is 11.8 Å². The lowest BCUT2D eigenvalue weighted by Gasteiger charge is -2.43. The molecule has 11 heteroatoms. The zero-order chi connectivity index (χ0) is 25.8. The van der Waals surface area contributed by atoms with Crippen LogP contribution < -0.4 is 9.77 Å². The van der Waals surface area contributed by atoms with E-state index in [-0.39, 0.29) is 45.2 Å². The number of aromatic nitrogens is 1. The SMILES string of the molecule is O=C1C2C3CC(C2C(=O)N1c1cccc(C(F)(F)F)c1)C1C(c2ccc(O)cc2)c2sc(=O)[nH]c2SC31. The average molecular weight is 545 g/mol. The van der Waals surface area contributed by atoms with Crippen LogP contribution in [-0.4, -0.2) is 27.2 Å². The maximum absolute atomic E-state index is 13.7. The van der Waals surface area contributed by atoms with E-state index in [1.807, 2.05) is 12.1 Å². The number of carbonyl (C=O) groups is 2. The average Bonchev–Trinajstić information content (AvgIpc) is 3.58. The number of thioether (sulfide) groups is 1. The summed E-state index contributed by atoms with van der Waals surface area (Å²) in [7, 11) is 0. The van der Waals surface area contributed by atoms with Crippen LogP contribution in [0.1, 0.15) is 28.3 Å². The van der Waals surface area contributed by atoms with E-state index in [0.29, 0.717) is 6.42 Å². The summed E-state index contributed by atoms with van der Waals surface area (Å²) in [6.45, 7) is 0. The Morgan fingerprint density at radius 1 is 0.973 bits per heavy atom. The summed E-state index contributed by atoms with van der Waals surface area (Å²) in [5, 5.41) is 10.6. The van der Waals surface area contributed by atoms with Gasteiger partial charge in [-0.25, -0.2) is 0 Å². The van der Waals surface area contributed by atoms with Crippen molar-refractivity contribution in [1.29, 1.82) is 0 Å². The van der Waals surface area contributed by atoms with Gasteiger partial charge in [0.05, 0.1) is 28.1 Å². The number of rotatable bonds is 2. The molecule has 1 saturated heterocycles. The molecule has 7 unspecified atom stereocenters. The Kier molecular flexibility index (Phi) is 4.83. The molecule has 2 aliphatic carbocycles. The van der Waals surface area contributed by atoms with E-state index in [1.54, 1.807) is 23.9 Å². The van der Waals surface area contributed by atoms with Crippen molar-refractivity contribution < 1.29 is 27.9 Å². The first-order valence-electron chi connectivity index (χ1n) is 11.9. The molecule has 7 atom stereocenters. The van der Waals surface area contributed by atoms with Crippen LogP contribution in [0.2, 0.25) is 0 Å². The summed E-state index contributed by atoms with van der Waals surface area (Å²) in [5.41, 5.74) is -0.0383. The van der Waals surface area contributed by atoms with Crippen molar-refractivity contribution in [1.82, 2.24) is 4.98 Å². The first-order valence-corrected chi connectivity index (χ1v) is 13.6. The van der Waals surface area contributed by atoms with Crippen molar-refractivity contribution in [2.45, 2.75) is 28.8 Å². The molecule has 2 saturated carbocycles. The lowest BCUT2D eigenvalue weighted by Crippen LogP contribution is -2.42.